The smallest absolute Gasteiger partial charge is 0.411 e. The van der Waals surface area contributed by atoms with Crippen LogP contribution in [0.15, 0.2) is 47.4 Å². The van der Waals surface area contributed by atoms with Gasteiger partial charge in [-0.2, -0.15) is 14.9 Å². The molecule has 0 aromatic carbocycles. The molecule has 0 saturated heterocycles. The van der Waals surface area contributed by atoms with E-state index in [1.54, 1.807) is 10.8 Å². The van der Waals surface area contributed by atoms with Crippen molar-refractivity contribution in [3.63, 3.8) is 0 Å². The Bertz CT molecular complexity index is 1560. The summed E-state index contributed by atoms with van der Waals surface area (Å²) in [5.41, 5.74) is 3.84. The van der Waals surface area contributed by atoms with E-state index in [2.05, 4.69) is 30.4 Å². The maximum atomic E-state index is 13.5. The van der Waals surface area contributed by atoms with Gasteiger partial charge in [0.25, 0.3) is 5.89 Å². The number of amides is 1. The third-order valence-electron chi connectivity index (χ3n) is 5.87. The van der Waals surface area contributed by atoms with E-state index in [-0.39, 0.29) is 22.2 Å². The van der Waals surface area contributed by atoms with Crippen LogP contribution < -0.4 is 0 Å². The predicted molar refractivity (Wildman–Crippen MR) is 112 cm³/mol. The SMILES string of the molecule is Cc1cccn2nc([C@H]3c4nc[nH]c4CCN3C(=O)c3nnc(-c4ccn(C(F)(F)F)n4)o3)cc12. The number of rotatable bonds is 3. The van der Waals surface area contributed by atoms with Gasteiger partial charge in [-0.3, -0.25) is 4.79 Å². The molecule has 0 saturated carbocycles. The Kier molecular flexibility index (Phi) is 4.52. The summed E-state index contributed by atoms with van der Waals surface area (Å²) in [6.45, 7) is 2.27. The molecule has 0 spiro atoms. The Morgan fingerprint density at radius 2 is 2.06 bits per heavy atom. The molecule has 35 heavy (non-hydrogen) atoms. The van der Waals surface area contributed by atoms with Gasteiger partial charge in [0.2, 0.25) is 0 Å². The lowest BCUT2D eigenvalue weighted by molar-refractivity contribution is -0.212. The molecular formula is C21H16F3N9O2. The number of carbonyl (C=O) groups excluding carboxylic acids is 1. The number of aromatic nitrogens is 8. The van der Waals surface area contributed by atoms with E-state index in [9.17, 15) is 18.0 Å². The second-order valence-electron chi connectivity index (χ2n) is 8.03. The number of hydrogen-bond acceptors (Lipinski definition) is 7. The van der Waals surface area contributed by atoms with Gasteiger partial charge in [0.05, 0.1) is 23.2 Å². The number of fused-ring (bicyclic) bond motifs is 2. The molecule has 6 heterocycles. The molecule has 1 amide bonds. The fourth-order valence-electron chi connectivity index (χ4n) is 4.22. The minimum Gasteiger partial charge on any atom is -0.411 e. The van der Waals surface area contributed by atoms with E-state index < -0.39 is 18.2 Å². The molecule has 178 valence electrons. The zero-order valence-electron chi connectivity index (χ0n) is 18.1. The Labute approximate surface area is 194 Å². The lowest BCUT2D eigenvalue weighted by Gasteiger charge is -2.32. The monoisotopic (exact) mass is 483 g/mol. The molecule has 1 N–H and O–H groups in total. The highest BCUT2D eigenvalue weighted by atomic mass is 19.4. The minimum atomic E-state index is -4.69. The number of pyridine rings is 1. The molecule has 5 aromatic rings. The van der Waals surface area contributed by atoms with Gasteiger partial charge in [0, 0.05) is 31.1 Å². The Balaban J connectivity index is 1.37. The molecule has 0 bridgehead atoms. The average molecular weight is 483 g/mol. The molecule has 0 fully saturated rings. The van der Waals surface area contributed by atoms with Crippen LogP contribution in [-0.4, -0.2) is 56.9 Å². The number of nitrogens with one attached hydrogen (secondary N) is 1. The van der Waals surface area contributed by atoms with Crippen molar-refractivity contribution in [2.24, 2.45) is 0 Å². The molecule has 6 rings (SSSR count). The van der Waals surface area contributed by atoms with E-state index >= 15 is 0 Å². The van der Waals surface area contributed by atoms with Crippen molar-refractivity contribution in [3.8, 4) is 11.6 Å². The molecule has 0 radical (unpaired) electrons. The number of H-pyrrole nitrogens is 1. The van der Waals surface area contributed by atoms with Crippen molar-refractivity contribution in [2.45, 2.75) is 25.7 Å². The topological polar surface area (TPSA) is 123 Å². The first-order chi connectivity index (χ1) is 16.8. The van der Waals surface area contributed by atoms with Gasteiger partial charge in [0.15, 0.2) is 0 Å². The molecule has 5 aromatic heterocycles. The summed E-state index contributed by atoms with van der Waals surface area (Å²) in [7, 11) is 0. The minimum absolute atomic E-state index is 0.181. The Morgan fingerprint density at radius 1 is 1.20 bits per heavy atom. The van der Waals surface area contributed by atoms with Crippen LogP contribution >= 0.6 is 0 Å². The quantitative estimate of drug-likeness (QED) is 0.419. The van der Waals surface area contributed by atoms with Crippen LogP contribution in [0, 0.1) is 6.92 Å². The molecule has 1 aliphatic rings. The lowest BCUT2D eigenvalue weighted by atomic mass is 9.99. The number of aromatic amines is 1. The molecule has 1 aliphatic heterocycles. The highest BCUT2D eigenvalue weighted by Crippen LogP contribution is 2.35. The second-order valence-corrected chi connectivity index (χ2v) is 8.03. The first-order valence-corrected chi connectivity index (χ1v) is 10.5. The van der Waals surface area contributed by atoms with Crippen LogP contribution in [0.3, 0.4) is 0 Å². The van der Waals surface area contributed by atoms with E-state index in [0.717, 1.165) is 29.0 Å². The van der Waals surface area contributed by atoms with Crippen molar-refractivity contribution in [2.75, 3.05) is 6.54 Å². The van der Waals surface area contributed by atoms with Gasteiger partial charge >= 0.3 is 18.1 Å². The number of carbonyl (C=O) groups is 1. The van der Waals surface area contributed by atoms with Crippen molar-refractivity contribution >= 4 is 11.4 Å². The summed E-state index contributed by atoms with van der Waals surface area (Å²) >= 11 is 0. The third-order valence-corrected chi connectivity index (χ3v) is 5.87. The number of alkyl halides is 3. The standard InChI is InChI=1S/C21H16F3N9O2/c1-11-3-2-6-32-15(11)9-14(29-32)17-16-12(25-10-26-16)4-7-31(17)20(34)19-28-27-18(35-19)13-5-8-33(30-13)21(22,23)24/h2-3,5-6,8-10,17H,4,7H2,1H3,(H,25,26)/t17-/m0/s1. The zero-order valence-corrected chi connectivity index (χ0v) is 18.1. The number of hydrogen-bond donors (Lipinski definition) is 1. The number of aryl methyl sites for hydroxylation is 1. The maximum absolute atomic E-state index is 13.5. The Hall–Kier alpha value is -4.49. The highest BCUT2D eigenvalue weighted by Gasteiger charge is 2.38. The number of halogens is 3. The normalized spacial score (nSPS) is 16.1. The lowest BCUT2D eigenvalue weighted by Crippen LogP contribution is -2.41. The van der Waals surface area contributed by atoms with Gasteiger partial charge in [-0.05, 0) is 30.7 Å². The number of imidazole rings is 1. The summed E-state index contributed by atoms with van der Waals surface area (Å²) in [6.07, 6.45) is -0.0656. The molecule has 1 atom stereocenters. The molecular weight excluding hydrogens is 467 g/mol. The highest BCUT2D eigenvalue weighted by molar-refractivity contribution is 5.90. The van der Waals surface area contributed by atoms with E-state index in [1.807, 2.05) is 31.3 Å². The van der Waals surface area contributed by atoms with Gasteiger partial charge < -0.3 is 14.3 Å². The first-order valence-electron chi connectivity index (χ1n) is 10.5. The summed E-state index contributed by atoms with van der Waals surface area (Å²) in [5.74, 6) is -1.26. The fourth-order valence-corrected chi connectivity index (χ4v) is 4.22. The van der Waals surface area contributed by atoms with Crippen LogP contribution in [0.1, 0.15) is 39.4 Å². The predicted octanol–water partition coefficient (Wildman–Crippen LogP) is 2.88. The summed E-state index contributed by atoms with van der Waals surface area (Å²) in [5, 5.41) is 15.6. The first kappa shape index (κ1) is 21.1. The summed E-state index contributed by atoms with van der Waals surface area (Å²) in [6, 6.07) is 6.19. The van der Waals surface area contributed by atoms with Gasteiger partial charge in [-0.25, -0.2) is 9.50 Å². The average Bonchev–Trinajstić information content (AvgIpc) is 3.62. The van der Waals surface area contributed by atoms with E-state index in [1.165, 1.54) is 4.90 Å². The molecule has 0 aliphatic carbocycles. The van der Waals surface area contributed by atoms with Gasteiger partial charge in [-0.1, -0.05) is 6.07 Å². The van der Waals surface area contributed by atoms with Crippen molar-refractivity contribution in [1.29, 1.82) is 0 Å². The van der Waals surface area contributed by atoms with Crippen molar-refractivity contribution in [3.05, 3.63) is 71.5 Å². The summed E-state index contributed by atoms with van der Waals surface area (Å²) < 4.78 is 45.5. The van der Waals surface area contributed by atoms with Crippen LogP contribution in [0.25, 0.3) is 17.1 Å². The van der Waals surface area contributed by atoms with Crippen LogP contribution in [0.4, 0.5) is 13.2 Å². The Morgan fingerprint density at radius 3 is 2.83 bits per heavy atom. The van der Waals surface area contributed by atoms with E-state index in [0.29, 0.717) is 24.4 Å². The molecule has 14 heteroatoms. The maximum Gasteiger partial charge on any atom is 0.504 e. The molecule has 0 unspecified atom stereocenters. The summed E-state index contributed by atoms with van der Waals surface area (Å²) in [4.78, 5) is 22.5. The zero-order chi connectivity index (χ0) is 24.3. The van der Waals surface area contributed by atoms with Gasteiger partial charge in [0.1, 0.15) is 11.7 Å². The van der Waals surface area contributed by atoms with Gasteiger partial charge in [-0.15, -0.1) is 23.4 Å². The second kappa shape index (κ2) is 7.51. The third kappa shape index (κ3) is 3.45. The largest absolute Gasteiger partial charge is 0.504 e. The van der Waals surface area contributed by atoms with Crippen molar-refractivity contribution < 1.29 is 22.4 Å². The number of nitrogens with zero attached hydrogens (tertiary/aromatic N) is 8. The molecule has 11 nitrogen and oxygen atoms in total. The van der Waals surface area contributed by atoms with Crippen LogP contribution in [-0.2, 0) is 12.7 Å². The van der Waals surface area contributed by atoms with Crippen molar-refractivity contribution in [1.82, 2.24) is 44.5 Å². The van der Waals surface area contributed by atoms with Crippen LogP contribution in [0.5, 0.6) is 0 Å². The van der Waals surface area contributed by atoms with Crippen LogP contribution in [0.2, 0.25) is 0 Å². The fraction of sp³-hybridized carbons (Fsp3) is 0.238. The van der Waals surface area contributed by atoms with E-state index in [4.69, 9.17) is 4.42 Å².